The van der Waals surface area contributed by atoms with Gasteiger partial charge in [0.25, 0.3) is 5.91 Å². The van der Waals surface area contributed by atoms with Gasteiger partial charge < -0.3 is 20.1 Å². The third-order valence-corrected chi connectivity index (χ3v) is 6.11. The minimum Gasteiger partial charge on any atom is -0.489 e. The molecular formula is C24H30N4O6. The number of likely N-dealkylation sites (tertiary alicyclic amines) is 1. The number of rotatable bonds is 9. The van der Waals surface area contributed by atoms with Crippen LogP contribution < -0.4 is 15.5 Å². The highest BCUT2D eigenvalue weighted by Crippen LogP contribution is 2.37. The van der Waals surface area contributed by atoms with Gasteiger partial charge in [-0.25, -0.2) is 10.3 Å². The van der Waals surface area contributed by atoms with E-state index in [1.807, 2.05) is 57.2 Å². The van der Waals surface area contributed by atoms with Crippen LogP contribution in [-0.2, 0) is 21.6 Å². The number of aromatic nitrogens is 1. The summed E-state index contributed by atoms with van der Waals surface area (Å²) in [6.45, 7) is 6.36. The van der Waals surface area contributed by atoms with E-state index in [1.54, 1.807) is 5.48 Å². The molecule has 2 atom stereocenters. The third-order valence-electron chi connectivity index (χ3n) is 6.11. The molecule has 1 aliphatic rings. The Hall–Kier alpha value is -3.66. The zero-order valence-corrected chi connectivity index (χ0v) is 19.5. The SMILES string of the molecule is Cc1cc(COc2ccc(C3(C)CCN([C@H](CCNC(=O)O)C(=O)NO)C3=O)cc2)cc(C)n1. The minimum atomic E-state index is -1.22. The van der Waals surface area contributed by atoms with Gasteiger partial charge in [-0.1, -0.05) is 12.1 Å². The molecule has 34 heavy (non-hydrogen) atoms. The first-order valence-corrected chi connectivity index (χ1v) is 11.0. The van der Waals surface area contributed by atoms with Gasteiger partial charge in [-0.05, 0) is 69.0 Å². The van der Waals surface area contributed by atoms with E-state index in [2.05, 4.69) is 10.3 Å². The maximum absolute atomic E-state index is 13.3. The lowest BCUT2D eigenvalue weighted by Crippen LogP contribution is -2.50. The molecule has 2 heterocycles. The predicted molar refractivity (Wildman–Crippen MR) is 123 cm³/mol. The van der Waals surface area contributed by atoms with Crippen LogP contribution in [0.25, 0.3) is 0 Å². The van der Waals surface area contributed by atoms with E-state index in [0.29, 0.717) is 25.3 Å². The van der Waals surface area contributed by atoms with Crippen LogP contribution in [0.3, 0.4) is 0 Å². The van der Waals surface area contributed by atoms with Crippen molar-refractivity contribution in [1.29, 1.82) is 0 Å². The number of hydrogen-bond acceptors (Lipinski definition) is 6. The van der Waals surface area contributed by atoms with Crippen molar-refractivity contribution in [3.05, 3.63) is 58.9 Å². The summed E-state index contributed by atoms with van der Waals surface area (Å²) in [7, 11) is 0. The number of nitrogens with zero attached hydrogens (tertiary/aromatic N) is 2. The lowest BCUT2D eigenvalue weighted by Gasteiger charge is -2.29. The Morgan fingerprint density at radius 2 is 1.85 bits per heavy atom. The maximum atomic E-state index is 13.3. The van der Waals surface area contributed by atoms with Gasteiger partial charge >= 0.3 is 6.09 Å². The zero-order chi connectivity index (χ0) is 24.9. The number of hydroxylamine groups is 1. The summed E-state index contributed by atoms with van der Waals surface area (Å²) in [4.78, 5) is 42.0. The number of nitrogens with one attached hydrogen (secondary N) is 2. The fraction of sp³-hybridized carbons (Fsp3) is 0.417. The van der Waals surface area contributed by atoms with Crippen molar-refractivity contribution in [3.8, 4) is 5.75 Å². The minimum absolute atomic E-state index is 0.0313. The van der Waals surface area contributed by atoms with Crippen LogP contribution >= 0.6 is 0 Å². The molecule has 1 saturated heterocycles. The van der Waals surface area contributed by atoms with Crippen molar-refractivity contribution in [2.75, 3.05) is 13.1 Å². The smallest absolute Gasteiger partial charge is 0.404 e. The second-order valence-electron chi connectivity index (χ2n) is 8.66. The predicted octanol–water partition coefficient (Wildman–Crippen LogP) is 2.30. The molecule has 0 spiro atoms. The molecule has 2 aromatic rings. The van der Waals surface area contributed by atoms with Crippen molar-refractivity contribution in [2.45, 2.75) is 51.7 Å². The van der Waals surface area contributed by atoms with Gasteiger partial charge in [0.05, 0.1) is 5.41 Å². The summed E-state index contributed by atoms with van der Waals surface area (Å²) in [5.41, 5.74) is 4.39. The average molecular weight is 471 g/mol. The van der Waals surface area contributed by atoms with Gasteiger partial charge in [-0.3, -0.25) is 19.8 Å². The Morgan fingerprint density at radius 1 is 1.21 bits per heavy atom. The first-order chi connectivity index (χ1) is 16.1. The van der Waals surface area contributed by atoms with E-state index >= 15 is 0 Å². The number of hydrogen-bond donors (Lipinski definition) is 4. The summed E-state index contributed by atoms with van der Waals surface area (Å²) in [5.74, 6) is -0.345. The highest BCUT2D eigenvalue weighted by molar-refractivity contribution is 5.94. The molecule has 1 unspecified atom stereocenters. The van der Waals surface area contributed by atoms with Gasteiger partial charge in [-0.2, -0.15) is 0 Å². The van der Waals surface area contributed by atoms with Crippen molar-refractivity contribution >= 4 is 17.9 Å². The van der Waals surface area contributed by atoms with Gasteiger partial charge in [0, 0.05) is 24.5 Å². The number of carboxylic acid groups (broad SMARTS) is 1. The quantitative estimate of drug-likeness (QED) is 0.325. The molecule has 0 bridgehead atoms. The molecule has 3 rings (SSSR count). The molecule has 1 fully saturated rings. The number of carbonyl (C=O) groups is 3. The van der Waals surface area contributed by atoms with Gasteiger partial charge in [0.1, 0.15) is 18.4 Å². The lowest BCUT2D eigenvalue weighted by atomic mass is 9.81. The zero-order valence-electron chi connectivity index (χ0n) is 19.5. The summed E-state index contributed by atoms with van der Waals surface area (Å²) in [6.07, 6.45) is -0.706. The van der Waals surface area contributed by atoms with E-state index in [9.17, 15) is 14.4 Å². The van der Waals surface area contributed by atoms with Gasteiger partial charge in [-0.15, -0.1) is 0 Å². The summed E-state index contributed by atoms with van der Waals surface area (Å²) >= 11 is 0. The van der Waals surface area contributed by atoms with Crippen LogP contribution in [0.15, 0.2) is 36.4 Å². The molecule has 182 valence electrons. The second-order valence-corrected chi connectivity index (χ2v) is 8.66. The summed E-state index contributed by atoms with van der Waals surface area (Å²) < 4.78 is 5.89. The molecule has 10 heteroatoms. The van der Waals surface area contributed by atoms with Crippen molar-refractivity contribution < 1.29 is 29.4 Å². The van der Waals surface area contributed by atoms with E-state index in [4.69, 9.17) is 15.1 Å². The lowest BCUT2D eigenvalue weighted by molar-refractivity contribution is -0.144. The van der Waals surface area contributed by atoms with E-state index < -0.39 is 23.5 Å². The fourth-order valence-electron chi connectivity index (χ4n) is 4.34. The number of pyridine rings is 1. The van der Waals surface area contributed by atoms with Gasteiger partial charge in [0.2, 0.25) is 5.91 Å². The Morgan fingerprint density at radius 3 is 2.44 bits per heavy atom. The van der Waals surface area contributed by atoms with Crippen LogP contribution in [0.5, 0.6) is 5.75 Å². The average Bonchev–Trinajstić information content (AvgIpc) is 3.09. The molecule has 0 saturated carbocycles. The van der Waals surface area contributed by atoms with Crippen molar-refractivity contribution in [2.24, 2.45) is 0 Å². The standard InChI is InChI=1S/C24H30N4O6/c1-15-12-17(13-16(2)26-15)14-34-19-6-4-18(5-7-19)24(3)9-11-28(22(24)30)20(21(29)27-33)8-10-25-23(31)32/h4-7,12-13,20,25,33H,8-11,14H2,1-3H3,(H,27,29)(H,31,32)/t20-,24?/m1/s1. The Balaban J connectivity index is 1.69. The highest BCUT2D eigenvalue weighted by atomic mass is 16.5. The molecule has 1 aliphatic heterocycles. The van der Waals surface area contributed by atoms with Crippen LogP contribution in [0.4, 0.5) is 4.79 Å². The molecule has 10 nitrogen and oxygen atoms in total. The Labute approximate surface area is 197 Å². The van der Waals surface area contributed by atoms with E-state index in [-0.39, 0.29) is 18.9 Å². The molecule has 1 aromatic carbocycles. The third kappa shape index (κ3) is 5.63. The van der Waals surface area contributed by atoms with E-state index in [0.717, 1.165) is 22.5 Å². The van der Waals surface area contributed by atoms with Crippen molar-refractivity contribution in [1.82, 2.24) is 20.7 Å². The highest BCUT2D eigenvalue weighted by Gasteiger charge is 2.47. The first kappa shape index (κ1) is 25.0. The monoisotopic (exact) mass is 470 g/mol. The molecular weight excluding hydrogens is 440 g/mol. The first-order valence-electron chi connectivity index (χ1n) is 11.0. The van der Waals surface area contributed by atoms with Crippen LogP contribution in [0.2, 0.25) is 0 Å². The number of carbonyl (C=O) groups excluding carboxylic acids is 2. The Kier molecular flexibility index (Phi) is 7.72. The summed E-state index contributed by atoms with van der Waals surface area (Å²) in [6, 6.07) is 10.3. The molecule has 1 aromatic heterocycles. The maximum Gasteiger partial charge on any atom is 0.404 e. The molecule has 0 aliphatic carbocycles. The normalized spacial score (nSPS) is 18.5. The van der Waals surface area contributed by atoms with Crippen molar-refractivity contribution in [3.63, 3.8) is 0 Å². The Bertz CT molecular complexity index is 1040. The molecule has 4 N–H and O–H groups in total. The van der Waals surface area contributed by atoms with Crippen LogP contribution in [-0.4, -0.2) is 57.2 Å². The number of amides is 3. The second kappa shape index (κ2) is 10.5. The van der Waals surface area contributed by atoms with Crippen LogP contribution in [0.1, 0.15) is 42.3 Å². The molecule has 3 amide bonds. The van der Waals surface area contributed by atoms with E-state index in [1.165, 1.54) is 4.90 Å². The topological polar surface area (TPSA) is 141 Å². The fourth-order valence-corrected chi connectivity index (χ4v) is 4.34. The van der Waals surface area contributed by atoms with Gasteiger partial charge in [0.15, 0.2) is 0 Å². The van der Waals surface area contributed by atoms with Crippen LogP contribution in [0, 0.1) is 13.8 Å². The number of benzene rings is 1. The number of aryl methyl sites for hydroxylation is 2. The number of ether oxygens (including phenoxy) is 1. The molecule has 0 radical (unpaired) electrons. The largest absolute Gasteiger partial charge is 0.489 e. The summed E-state index contributed by atoms with van der Waals surface area (Å²) in [5, 5.41) is 20.1.